The number of thiazole rings is 1. The number of thiophene rings is 1. The third kappa shape index (κ3) is 6.34. The highest BCUT2D eigenvalue weighted by atomic mass is 32.1. The molecule has 2 amide bonds. The normalized spacial score (nSPS) is 10.4. The quantitative estimate of drug-likeness (QED) is 0.369. The molecule has 0 aliphatic heterocycles. The Bertz CT molecular complexity index is 1250. The Morgan fingerprint density at radius 3 is 2.52 bits per heavy atom. The van der Waals surface area contributed by atoms with Gasteiger partial charge in [0, 0.05) is 10.9 Å². The lowest BCUT2D eigenvalue weighted by molar-refractivity contribution is -0.147. The average Bonchev–Trinajstić information content (AvgIpc) is 3.51. The molecule has 4 aromatic rings. The van der Waals surface area contributed by atoms with Crippen molar-refractivity contribution >= 4 is 40.5 Å². The number of aromatic nitrogens is 1. The van der Waals surface area contributed by atoms with Gasteiger partial charge in [-0.05, 0) is 35.7 Å². The number of rotatable bonds is 8. The molecule has 0 radical (unpaired) electrons. The highest BCUT2D eigenvalue weighted by molar-refractivity contribution is 7.13. The summed E-state index contributed by atoms with van der Waals surface area (Å²) in [6.07, 6.45) is -0.0805. The number of amides is 2. The van der Waals surface area contributed by atoms with E-state index in [1.54, 1.807) is 22.9 Å². The Balaban J connectivity index is 1.29. The number of hydrogen-bond acceptors (Lipinski definition) is 8. The summed E-state index contributed by atoms with van der Waals surface area (Å²) in [7, 11) is 0. The molecule has 0 fully saturated rings. The van der Waals surface area contributed by atoms with E-state index in [0.717, 1.165) is 16.3 Å². The number of ether oxygens (including phenoxy) is 2. The number of benzene rings is 2. The first-order valence-corrected chi connectivity index (χ1v) is 11.6. The Kier molecular flexibility index (Phi) is 7.23. The molecule has 0 aliphatic rings. The molecule has 0 saturated heterocycles. The second-order valence-corrected chi connectivity index (χ2v) is 8.58. The lowest BCUT2D eigenvalue weighted by atomic mass is 10.2. The van der Waals surface area contributed by atoms with Crippen molar-refractivity contribution in [3.63, 3.8) is 0 Å². The minimum absolute atomic E-state index is 0.0805. The number of hydrogen-bond donors (Lipinski definition) is 1. The summed E-state index contributed by atoms with van der Waals surface area (Å²) in [5.41, 5.74) is 1.39. The first-order chi connectivity index (χ1) is 16.1. The molecule has 2 aromatic carbocycles. The molecule has 2 aromatic heterocycles. The Labute approximate surface area is 197 Å². The van der Waals surface area contributed by atoms with Gasteiger partial charge in [0.1, 0.15) is 16.5 Å². The zero-order chi connectivity index (χ0) is 23.0. The number of nitrogens with zero attached hydrogens (tertiary/aromatic N) is 1. The van der Waals surface area contributed by atoms with Gasteiger partial charge in [-0.3, -0.25) is 19.7 Å². The van der Waals surface area contributed by atoms with Crippen LogP contribution in [0, 0.1) is 0 Å². The van der Waals surface area contributed by atoms with Crippen molar-refractivity contribution in [3.05, 3.63) is 88.1 Å². The molecule has 9 heteroatoms. The average molecular weight is 479 g/mol. The molecular weight excluding hydrogens is 460 g/mol. The van der Waals surface area contributed by atoms with E-state index in [4.69, 9.17) is 9.47 Å². The van der Waals surface area contributed by atoms with Crippen LogP contribution in [0.4, 0.5) is 0 Å². The van der Waals surface area contributed by atoms with Crippen LogP contribution in [0.5, 0.6) is 11.5 Å². The van der Waals surface area contributed by atoms with Crippen LogP contribution < -0.4 is 10.1 Å². The van der Waals surface area contributed by atoms with E-state index < -0.39 is 24.4 Å². The molecule has 2 heterocycles. The highest BCUT2D eigenvalue weighted by Gasteiger charge is 2.15. The summed E-state index contributed by atoms with van der Waals surface area (Å²) >= 11 is 2.61. The van der Waals surface area contributed by atoms with Crippen LogP contribution in [-0.4, -0.2) is 29.4 Å². The molecule has 0 unspecified atom stereocenters. The monoisotopic (exact) mass is 478 g/mol. The van der Waals surface area contributed by atoms with E-state index in [1.807, 2.05) is 54.6 Å². The van der Waals surface area contributed by atoms with E-state index in [-0.39, 0.29) is 6.42 Å². The number of esters is 1. The third-order valence-corrected chi connectivity index (χ3v) is 6.11. The van der Waals surface area contributed by atoms with Crippen molar-refractivity contribution in [1.82, 2.24) is 10.3 Å². The van der Waals surface area contributed by atoms with Gasteiger partial charge in [-0.25, -0.2) is 4.98 Å². The molecule has 1 N–H and O–H groups in total. The predicted octanol–water partition coefficient (Wildman–Crippen LogP) is 4.71. The largest absolute Gasteiger partial charge is 0.457 e. The van der Waals surface area contributed by atoms with Crippen LogP contribution >= 0.6 is 22.7 Å². The van der Waals surface area contributed by atoms with E-state index in [1.165, 1.54) is 22.7 Å². The summed E-state index contributed by atoms with van der Waals surface area (Å²) in [4.78, 5) is 40.6. The fourth-order valence-electron chi connectivity index (χ4n) is 2.82. The highest BCUT2D eigenvalue weighted by Crippen LogP contribution is 2.29. The molecule has 7 nitrogen and oxygen atoms in total. The molecule has 0 spiro atoms. The van der Waals surface area contributed by atoms with Gasteiger partial charge in [-0.2, -0.15) is 0 Å². The molecule has 0 atom stereocenters. The first kappa shape index (κ1) is 22.4. The van der Waals surface area contributed by atoms with Crippen molar-refractivity contribution < 1.29 is 23.9 Å². The number of nitrogens with one attached hydrogen (secondary N) is 1. The van der Waals surface area contributed by atoms with Gasteiger partial charge in [0.05, 0.1) is 17.0 Å². The van der Waals surface area contributed by atoms with Crippen molar-refractivity contribution in [2.75, 3.05) is 6.61 Å². The van der Waals surface area contributed by atoms with E-state index in [2.05, 4.69) is 10.3 Å². The van der Waals surface area contributed by atoms with Gasteiger partial charge < -0.3 is 9.47 Å². The van der Waals surface area contributed by atoms with E-state index in [9.17, 15) is 14.4 Å². The predicted molar refractivity (Wildman–Crippen MR) is 126 cm³/mol. The van der Waals surface area contributed by atoms with Crippen LogP contribution in [0.3, 0.4) is 0 Å². The minimum atomic E-state index is -0.684. The maximum atomic E-state index is 12.1. The van der Waals surface area contributed by atoms with Gasteiger partial charge >= 0.3 is 5.97 Å². The Morgan fingerprint density at radius 1 is 0.909 bits per heavy atom. The smallest absolute Gasteiger partial charge is 0.312 e. The van der Waals surface area contributed by atoms with Crippen LogP contribution in [0.1, 0.15) is 15.4 Å². The topological polar surface area (TPSA) is 94.6 Å². The van der Waals surface area contributed by atoms with Crippen LogP contribution in [0.15, 0.2) is 77.5 Å². The SMILES string of the molecule is O=C(COC(=O)Cc1csc(-c2cccc(Oc3ccccc3)c2)n1)NC(=O)c1cccs1. The molecule has 0 bridgehead atoms. The van der Waals surface area contributed by atoms with Gasteiger partial charge in [0.15, 0.2) is 6.61 Å². The first-order valence-electron chi connectivity index (χ1n) is 9.88. The van der Waals surface area contributed by atoms with Crippen LogP contribution in [0.25, 0.3) is 10.6 Å². The standard InChI is InChI=1S/C24H18N2O5S2/c27-21(26-23(29)20-10-5-11-32-20)14-30-22(28)13-17-15-33-24(25-17)16-6-4-9-19(12-16)31-18-7-2-1-3-8-18/h1-12,15H,13-14H2,(H,26,27,29). The molecule has 33 heavy (non-hydrogen) atoms. The molecule has 0 aliphatic carbocycles. The maximum absolute atomic E-state index is 12.1. The zero-order valence-corrected chi connectivity index (χ0v) is 18.9. The fraction of sp³-hybridized carbons (Fsp3) is 0.0833. The summed E-state index contributed by atoms with van der Waals surface area (Å²) < 4.78 is 10.8. The number of carbonyl (C=O) groups is 3. The van der Waals surface area contributed by atoms with Crippen molar-refractivity contribution in [2.24, 2.45) is 0 Å². The van der Waals surface area contributed by atoms with E-state index >= 15 is 0 Å². The molecule has 0 saturated carbocycles. The van der Waals surface area contributed by atoms with Crippen LogP contribution in [0.2, 0.25) is 0 Å². The zero-order valence-electron chi connectivity index (χ0n) is 17.2. The number of imide groups is 1. The summed E-state index contributed by atoms with van der Waals surface area (Å²) in [5.74, 6) is -0.396. The number of para-hydroxylation sites is 1. The second kappa shape index (κ2) is 10.7. The fourth-order valence-corrected chi connectivity index (χ4v) is 4.25. The molecule has 4 rings (SSSR count). The van der Waals surface area contributed by atoms with Gasteiger partial charge in [-0.1, -0.05) is 36.4 Å². The van der Waals surface area contributed by atoms with Gasteiger partial charge in [0.25, 0.3) is 11.8 Å². The van der Waals surface area contributed by atoms with Crippen LogP contribution in [-0.2, 0) is 20.7 Å². The molecule has 166 valence electrons. The third-order valence-electron chi connectivity index (χ3n) is 4.30. The van der Waals surface area contributed by atoms with Crippen molar-refractivity contribution in [2.45, 2.75) is 6.42 Å². The summed E-state index contributed by atoms with van der Waals surface area (Å²) in [6.45, 7) is -0.536. The van der Waals surface area contributed by atoms with Gasteiger partial charge in [0.2, 0.25) is 0 Å². The lowest BCUT2D eigenvalue weighted by Crippen LogP contribution is -2.33. The summed E-state index contributed by atoms with van der Waals surface area (Å²) in [5, 5.41) is 6.41. The van der Waals surface area contributed by atoms with Gasteiger partial charge in [-0.15, -0.1) is 22.7 Å². The Hall–Kier alpha value is -3.82. The van der Waals surface area contributed by atoms with E-state index in [0.29, 0.717) is 16.3 Å². The van der Waals surface area contributed by atoms with Crippen molar-refractivity contribution in [1.29, 1.82) is 0 Å². The molecular formula is C24H18N2O5S2. The van der Waals surface area contributed by atoms with Crippen molar-refractivity contribution in [3.8, 4) is 22.1 Å². The minimum Gasteiger partial charge on any atom is -0.457 e. The number of carbonyl (C=O) groups excluding carboxylic acids is 3. The maximum Gasteiger partial charge on any atom is 0.312 e. The second-order valence-electron chi connectivity index (χ2n) is 6.78. The lowest BCUT2D eigenvalue weighted by Gasteiger charge is -2.06. The summed E-state index contributed by atoms with van der Waals surface area (Å²) in [6, 6.07) is 20.3. The Morgan fingerprint density at radius 2 is 1.73 bits per heavy atom.